The number of hydrogen-bond donors (Lipinski definition) is 2. The van der Waals surface area contributed by atoms with Gasteiger partial charge in [0.05, 0.1) is 11.3 Å². The van der Waals surface area contributed by atoms with Crippen LogP contribution in [0.5, 0.6) is 0 Å². The first-order chi connectivity index (χ1) is 12.6. The van der Waals surface area contributed by atoms with Crippen molar-refractivity contribution in [2.24, 2.45) is 5.92 Å². The molecule has 1 aliphatic carbocycles. The van der Waals surface area contributed by atoms with Crippen molar-refractivity contribution in [3.8, 4) is 0 Å². The largest absolute Gasteiger partial charge is 0.339 e. The molecular formula is C21H31N3O2. The molecular weight excluding hydrogens is 326 g/mol. The summed E-state index contributed by atoms with van der Waals surface area (Å²) in [7, 11) is 1.89. The average molecular weight is 357 g/mol. The Labute approximate surface area is 156 Å². The van der Waals surface area contributed by atoms with E-state index in [1.807, 2.05) is 36.2 Å². The highest BCUT2D eigenvalue weighted by molar-refractivity contribution is 6.04. The van der Waals surface area contributed by atoms with Crippen molar-refractivity contribution in [2.45, 2.75) is 64.0 Å². The normalized spacial score (nSPS) is 24.1. The van der Waals surface area contributed by atoms with Crippen LogP contribution in [0.4, 0.5) is 5.69 Å². The van der Waals surface area contributed by atoms with Crippen LogP contribution in [0.2, 0.25) is 0 Å². The quantitative estimate of drug-likeness (QED) is 0.868. The fraction of sp³-hybridized carbons (Fsp3) is 0.619. The van der Waals surface area contributed by atoms with Crippen LogP contribution in [-0.4, -0.2) is 42.4 Å². The summed E-state index contributed by atoms with van der Waals surface area (Å²) in [5.74, 6) is 0.0379. The lowest BCUT2D eigenvalue weighted by Gasteiger charge is -2.32. The SMILES string of the molecule is C[C@H]1C[C@@H](C(=O)Nc2ccccc2C(=O)N(C)C2CCCCC2)CCN1. The molecule has 2 atom stereocenters. The van der Waals surface area contributed by atoms with E-state index in [-0.39, 0.29) is 17.7 Å². The molecule has 0 unspecified atom stereocenters. The monoisotopic (exact) mass is 357 g/mol. The second-order valence-corrected chi connectivity index (χ2v) is 7.82. The summed E-state index contributed by atoms with van der Waals surface area (Å²) >= 11 is 0. The molecule has 1 aromatic carbocycles. The van der Waals surface area contributed by atoms with Gasteiger partial charge in [0, 0.05) is 25.0 Å². The number of nitrogens with one attached hydrogen (secondary N) is 2. The maximum atomic E-state index is 13.0. The molecule has 1 saturated carbocycles. The zero-order chi connectivity index (χ0) is 18.5. The Morgan fingerprint density at radius 3 is 2.58 bits per heavy atom. The molecule has 2 amide bonds. The van der Waals surface area contributed by atoms with Crippen molar-refractivity contribution in [1.82, 2.24) is 10.2 Å². The van der Waals surface area contributed by atoms with Crippen molar-refractivity contribution in [3.05, 3.63) is 29.8 Å². The lowest BCUT2D eigenvalue weighted by atomic mass is 9.92. The molecule has 1 aliphatic heterocycles. The van der Waals surface area contributed by atoms with Gasteiger partial charge in [0.15, 0.2) is 0 Å². The van der Waals surface area contributed by atoms with Gasteiger partial charge in [-0.3, -0.25) is 9.59 Å². The highest BCUT2D eigenvalue weighted by atomic mass is 16.2. The number of para-hydroxylation sites is 1. The summed E-state index contributed by atoms with van der Waals surface area (Å²) < 4.78 is 0. The molecule has 2 fully saturated rings. The molecule has 2 aliphatic rings. The maximum Gasteiger partial charge on any atom is 0.255 e. The highest BCUT2D eigenvalue weighted by Gasteiger charge is 2.27. The zero-order valence-corrected chi connectivity index (χ0v) is 16.0. The van der Waals surface area contributed by atoms with E-state index in [9.17, 15) is 9.59 Å². The van der Waals surface area contributed by atoms with Crippen molar-refractivity contribution in [2.75, 3.05) is 18.9 Å². The fourth-order valence-corrected chi connectivity index (χ4v) is 4.21. The Morgan fingerprint density at radius 1 is 1.12 bits per heavy atom. The van der Waals surface area contributed by atoms with Crippen LogP contribution in [0, 0.1) is 5.92 Å². The summed E-state index contributed by atoms with van der Waals surface area (Å²) in [6, 6.07) is 8.06. The van der Waals surface area contributed by atoms with Gasteiger partial charge >= 0.3 is 0 Å². The van der Waals surface area contributed by atoms with E-state index < -0.39 is 0 Å². The molecule has 0 radical (unpaired) electrons. The molecule has 142 valence electrons. The first kappa shape index (κ1) is 18.9. The van der Waals surface area contributed by atoms with Gasteiger partial charge in [-0.1, -0.05) is 31.4 Å². The topological polar surface area (TPSA) is 61.4 Å². The zero-order valence-electron chi connectivity index (χ0n) is 16.0. The summed E-state index contributed by atoms with van der Waals surface area (Å²) in [6.45, 7) is 2.97. The Morgan fingerprint density at radius 2 is 1.85 bits per heavy atom. The van der Waals surface area contributed by atoms with Gasteiger partial charge in [-0.15, -0.1) is 0 Å². The minimum Gasteiger partial charge on any atom is -0.339 e. The Bertz CT molecular complexity index is 640. The standard InChI is InChI=1S/C21H31N3O2/c1-15-14-16(12-13-22-15)20(25)23-19-11-7-6-10-18(19)21(26)24(2)17-8-4-3-5-9-17/h6-7,10-11,15-17,22H,3-5,8-9,12-14H2,1-2H3,(H,23,25)/t15-,16-/m0/s1. The number of piperidine rings is 1. The van der Waals surface area contributed by atoms with Crippen LogP contribution >= 0.6 is 0 Å². The van der Waals surface area contributed by atoms with Gasteiger partial charge in [-0.2, -0.15) is 0 Å². The Balaban J connectivity index is 1.71. The number of carbonyl (C=O) groups is 2. The van der Waals surface area contributed by atoms with Crippen LogP contribution in [0.1, 0.15) is 62.2 Å². The summed E-state index contributed by atoms with van der Waals surface area (Å²) in [5, 5.41) is 6.40. The highest BCUT2D eigenvalue weighted by Crippen LogP contribution is 2.26. The van der Waals surface area contributed by atoms with Crippen LogP contribution in [0.15, 0.2) is 24.3 Å². The molecule has 26 heavy (non-hydrogen) atoms. The van der Waals surface area contributed by atoms with E-state index in [4.69, 9.17) is 0 Å². The van der Waals surface area contributed by atoms with Gasteiger partial charge in [-0.25, -0.2) is 0 Å². The van der Waals surface area contributed by atoms with Gasteiger partial charge in [-0.05, 0) is 51.3 Å². The predicted molar refractivity (Wildman–Crippen MR) is 104 cm³/mol. The molecule has 3 rings (SSSR count). The average Bonchev–Trinajstić information content (AvgIpc) is 2.68. The molecule has 1 heterocycles. The minimum atomic E-state index is 0.00508. The predicted octanol–water partition coefficient (Wildman–Crippen LogP) is 3.42. The van der Waals surface area contributed by atoms with Gasteiger partial charge in [0.2, 0.25) is 5.91 Å². The Hall–Kier alpha value is -1.88. The number of hydrogen-bond acceptors (Lipinski definition) is 3. The third kappa shape index (κ3) is 4.44. The molecule has 2 N–H and O–H groups in total. The number of carbonyl (C=O) groups excluding carboxylic acids is 2. The Kier molecular flexibility index (Phi) is 6.30. The van der Waals surface area contributed by atoms with Crippen LogP contribution < -0.4 is 10.6 Å². The minimum absolute atomic E-state index is 0.00508. The molecule has 0 spiro atoms. The fourth-order valence-electron chi connectivity index (χ4n) is 4.21. The number of rotatable bonds is 4. The van der Waals surface area contributed by atoms with Crippen molar-refractivity contribution < 1.29 is 9.59 Å². The van der Waals surface area contributed by atoms with E-state index >= 15 is 0 Å². The van der Waals surface area contributed by atoms with Gasteiger partial charge in [0.25, 0.3) is 5.91 Å². The second-order valence-electron chi connectivity index (χ2n) is 7.82. The van der Waals surface area contributed by atoms with Crippen molar-refractivity contribution in [1.29, 1.82) is 0 Å². The molecule has 1 saturated heterocycles. The molecule has 0 bridgehead atoms. The summed E-state index contributed by atoms with van der Waals surface area (Å²) in [5.41, 5.74) is 1.23. The van der Waals surface area contributed by atoms with E-state index in [0.29, 0.717) is 23.3 Å². The number of benzene rings is 1. The lowest BCUT2D eigenvalue weighted by Crippen LogP contribution is -2.41. The van der Waals surface area contributed by atoms with Crippen molar-refractivity contribution >= 4 is 17.5 Å². The van der Waals surface area contributed by atoms with Crippen LogP contribution in [-0.2, 0) is 4.79 Å². The number of nitrogens with zero attached hydrogens (tertiary/aromatic N) is 1. The molecule has 0 aromatic heterocycles. The lowest BCUT2D eigenvalue weighted by molar-refractivity contribution is -0.120. The van der Waals surface area contributed by atoms with Gasteiger partial charge in [0.1, 0.15) is 0 Å². The van der Waals surface area contributed by atoms with E-state index in [2.05, 4.69) is 17.6 Å². The maximum absolute atomic E-state index is 13.0. The summed E-state index contributed by atoms with van der Waals surface area (Å²) in [6.07, 6.45) is 7.47. The third-order valence-corrected chi connectivity index (χ3v) is 5.85. The third-order valence-electron chi connectivity index (χ3n) is 5.85. The van der Waals surface area contributed by atoms with Crippen LogP contribution in [0.3, 0.4) is 0 Å². The summed E-state index contributed by atoms with van der Waals surface area (Å²) in [4.78, 5) is 27.6. The van der Waals surface area contributed by atoms with E-state index in [1.54, 1.807) is 0 Å². The molecule has 5 heteroatoms. The molecule has 1 aromatic rings. The smallest absolute Gasteiger partial charge is 0.255 e. The van der Waals surface area contributed by atoms with E-state index in [1.165, 1.54) is 19.3 Å². The van der Waals surface area contributed by atoms with E-state index in [0.717, 1.165) is 32.2 Å². The van der Waals surface area contributed by atoms with Gasteiger partial charge < -0.3 is 15.5 Å². The first-order valence-electron chi connectivity index (χ1n) is 9.96. The second kappa shape index (κ2) is 8.67. The number of anilines is 1. The molecule has 5 nitrogen and oxygen atoms in total. The van der Waals surface area contributed by atoms with Crippen LogP contribution in [0.25, 0.3) is 0 Å². The first-order valence-corrected chi connectivity index (χ1v) is 9.96. The number of amides is 2. The van der Waals surface area contributed by atoms with Crippen molar-refractivity contribution in [3.63, 3.8) is 0 Å².